The Morgan fingerprint density at radius 3 is 2.79 bits per heavy atom. The lowest BCUT2D eigenvalue weighted by atomic mass is 9.99. The molecule has 1 atom stereocenters. The van der Waals surface area contributed by atoms with E-state index in [4.69, 9.17) is 4.74 Å². The van der Waals surface area contributed by atoms with E-state index in [-0.39, 0.29) is 5.78 Å². The third-order valence-corrected chi connectivity index (χ3v) is 6.93. The van der Waals surface area contributed by atoms with Crippen molar-refractivity contribution < 1.29 is 9.53 Å². The summed E-state index contributed by atoms with van der Waals surface area (Å²) in [4.78, 5) is 26.7. The lowest BCUT2D eigenvalue weighted by molar-refractivity contribution is 0.0987. The first-order valence-electron chi connectivity index (χ1n) is 12.5. The van der Waals surface area contributed by atoms with Crippen LogP contribution in [0.4, 0.5) is 5.82 Å². The summed E-state index contributed by atoms with van der Waals surface area (Å²) in [6, 6.07) is 8.91. The monoisotopic (exact) mass is 450 g/mol. The minimum absolute atomic E-state index is 0.0528. The second kappa shape index (κ2) is 11.2. The Hall–Kier alpha value is -2.31. The van der Waals surface area contributed by atoms with E-state index >= 15 is 0 Å². The highest BCUT2D eigenvalue weighted by atomic mass is 16.5. The van der Waals surface area contributed by atoms with Crippen molar-refractivity contribution >= 4 is 11.6 Å². The van der Waals surface area contributed by atoms with E-state index in [1.54, 1.807) is 13.4 Å². The minimum Gasteiger partial charge on any atom is -0.383 e. The molecule has 2 fully saturated rings. The summed E-state index contributed by atoms with van der Waals surface area (Å²) in [7, 11) is 1.78. The number of aryl methyl sites for hydroxylation is 1. The van der Waals surface area contributed by atoms with Crippen molar-refractivity contribution in [2.24, 2.45) is 5.92 Å². The van der Waals surface area contributed by atoms with Gasteiger partial charge in [0.2, 0.25) is 0 Å². The molecule has 0 bridgehead atoms. The van der Waals surface area contributed by atoms with Gasteiger partial charge in [0.05, 0.1) is 6.61 Å². The molecule has 2 aromatic rings. The van der Waals surface area contributed by atoms with Crippen molar-refractivity contribution in [1.82, 2.24) is 14.9 Å². The molecule has 1 aromatic heterocycles. The van der Waals surface area contributed by atoms with Crippen molar-refractivity contribution in [3.8, 4) is 0 Å². The number of Topliss-reactive ketones (excluding diaryl/α,β-unsaturated/α-hetero) is 1. The van der Waals surface area contributed by atoms with E-state index in [9.17, 15) is 4.79 Å². The van der Waals surface area contributed by atoms with Crippen molar-refractivity contribution in [2.45, 2.75) is 65.0 Å². The molecule has 0 spiro atoms. The highest BCUT2D eigenvalue weighted by molar-refractivity contribution is 5.96. The Morgan fingerprint density at radius 2 is 2.06 bits per heavy atom. The second-order valence-corrected chi connectivity index (χ2v) is 9.73. The van der Waals surface area contributed by atoms with E-state index in [1.165, 1.54) is 36.8 Å². The Morgan fingerprint density at radius 1 is 1.21 bits per heavy atom. The van der Waals surface area contributed by atoms with Crippen LogP contribution < -0.4 is 4.90 Å². The van der Waals surface area contributed by atoms with E-state index in [2.05, 4.69) is 51.8 Å². The highest BCUT2D eigenvalue weighted by Crippen LogP contribution is 2.31. The fourth-order valence-corrected chi connectivity index (χ4v) is 4.89. The third kappa shape index (κ3) is 6.39. The lowest BCUT2D eigenvalue weighted by Gasteiger charge is -2.24. The minimum atomic E-state index is 0.0528. The van der Waals surface area contributed by atoms with Crippen LogP contribution in [0.25, 0.3) is 0 Å². The molecular weight excluding hydrogens is 412 g/mol. The molecule has 2 heterocycles. The van der Waals surface area contributed by atoms with Crippen LogP contribution >= 0.6 is 0 Å². The summed E-state index contributed by atoms with van der Waals surface area (Å²) in [6.07, 6.45) is 8.02. The number of rotatable bonds is 12. The van der Waals surface area contributed by atoms with Crippen LogP contribution in [-0.4, -0.2) is 60.0 Å². The van der Waals surface area contributed by atoms with Crippen LogP contribution in [0.2, 0.25) is 0 Å². The van der Waals surface area contributed by atoms with Crippen LogP contribution in [0.3, 0.4) is 0 Å². The van der Waals surface area contributed by atoms with E-state index in [1.807, 2.05) is 6.07 Å². The van der Waals surface area contributed by atoms with Crippen molar-refractivity contribution in [1.29, 1.82) is 0 Å². The highest BCUT2D eigenvalue weighted by Gasteiger charge is 2.26. The maximum Gasteiger partial charge on any atom is 0.185 e. The van der Waals surface area contributed by atoms with E-state index < -0.39 is 0 Å². The van der Waals surface area contributed by atoms with Crippen LogP contribution in [0.1, 0.15) is 66.2 Å². The topological polar surface area (TPSA) is 58.6 Å². The van der Waals surface area contributed by atoms with Gasteiger partial charge in [0.1, 0.15) is 17.8 Å². The van der Waals surface area contributed by atoms with Gasteiger partial charge in [-0.1, -0.05) is 25.1 Å². The number of nitrogens with zero attached hydrogens (tertiary/aromatic N) is 4. The van der Waals surface area contributed by atoms with Gasteiger partial charge in [-0.3, -0.25) is 9.69 Å². The standard InChI is InChI=1S/C27H38N4O2/c1-4-11-31(16-21-7-8-21)27-15-25(28-19-29-27)26(32)14-23-10-9-22(13-20(23)2)17-30-12-5-6-24(30)18-33-3/h9-10,13,15,19,21,24H,4-8,11-12,14,16-18H2,1-3H3/t24-/m1/s1. The quantitative estimate of drug-likeness (QED) is 0.446. The summed E-state index contributed by atoms with van der Waals surface area (Å²) in [5.41, 5.74) is 4.05. The van der Waals surface area contributed by atoms with Gasteiger partial charge in [0.15, 0.2) is 5.78 Å². The van der Waals surface area contributed by atoms with Crippen molar-refractivity contribution in [3.63, 3.8) is 0 Å². The zero-order valence-electron chi connectivity index (χ0n) is 20.4. The SMILES string of the molecule is CCCN(CC1CC1)c1cc(C(=O)Cc2ccc(CN3CCC[C@@H]3COC)cc2C)ncn1. The Kier molecular flexibility index (Phi) is 8.10. The average Bonchev–Trinajstić information content (AvgIpc) is 3.53. The summed E-state index contributed by atoms with van der Waals surface area (Å²) in [5, 5.41) is 0. The van der Waals surface area contributed by atoms with Gasteiger partial charge in [-0.25, -0.2) is 9.97 Å². The maximum absolute atomic E-state index is 13.1. The van der Waals surface area contributed by atoms with Crippen LogP contribution in [0, 0.1) is 12.8 Å². The van der Waals surface area contributed by atoms with Gasteiger partial charge in [0.25, 0.3) is 0 Å². The van der Waals surface area contributed by atoms with E-state index in [0.717, 1.165) is 56.5 Å². The van der Waals surface area contributed by atoms with Crippen LogP contribution in [0.15, 0.2) is 30.6 Å². The fraction of sp³-hybridized carbons (Fsp3) is 0.593. The third-order valence-electron chi connectivity index (χ3n) is 6.93. The number of methoxy groups -OCH3 is 1. The number of likely N-dealkylation sites (tertiary alicyclic amines) is 1. The summed E-state index contributed by atoms with van der Waals surface area (Å²) < 4.78 is 5.39. The Balaban J connectivity index is 1.41. The number of carbonyl (C=O) groups excluding carboxylic acids is 1. The molecule has 0 radical (unpaired) electrons. The average molecular weight is 451 g/mol. The van der Waals surface area contributed by atoms with Gasteiger partial charge < -0.3 is 9.64 Å². The number of hydrogen-bond donors (Lipinski definition) is 0. The number of ether oxygens (including phenoxy) is 1. The van der Waals surface area contributed by atoms with E-state index in [0.29, 0.717) is 18.2 Å². The number of aromatic nitrogens is 2. The number of benzene rings is 1. The van der Waals surface area contributed by atoms with Gasteiger partial charge in [-0.15, -0.1) is 0 Å². The normalized spacial score (nSPS) is 18.6. The first-order chi connectivity index (χ1) is 16.1. The van der Waals surface area contributed by atoms with Crippen molar-refractivity contribution in [2.75, 3.05) is 38.3 Å². The molecule has 178 valence electrons. The molecule has 6 heteroatoms. The maximum atomic E-state index is 13.1. The van der Waals surface area contributed by atoms with Crippen LogP contribution in [-0.2, 0) is 17.7 Å². The number of ketones is 1. The first kappa shape index (κ1) is 23.8. The summed E-state index contributed by atoms with van der Waals surface area (Å²) >= 11 is 0. The summed E-state index contributed by atoms with van der Waals surface area (Å²) in [6.45, 7) is 9.13. The molecule has 6 nitrogen and oxygen atoms in total. The summed E-state index contributed by atoms with van der Waals surface area (Å²) in [5.74, 6) is 1.71. The molecule has 0 amide bonds. The largest absolute Gasteiger partial charge is 0.383 e. The predicted octanol–water partition coefficient (Wildman–Crippen LogP) is 4.45. The first-order valence-corrected chi connectivity index (χ1v) is 12.5. The van der Waals surface area contributed by atoms with Crippen LogP contribution in [0.5, 0.6) is 0 Å². The molecule has 1 aromatic carbocycles. The smallest absolute Gasteiger partial charge is 0.185 e. The number of hydrogen-bond acceptors (Lipinski definition) is 6. The van der Waals surface area contributed by atoms with Gasteiger partial charge in [-0.2, -0.15) is 0 Å². The molecular formula is C27H38N4O2. The molecule has 0 unspecified atom stereocenters. The van der Waals surface area contributed by atoms with Gasteiger partial charge in [-0.05, 0) is 68.2 Å². The molecule has 1 saturated carbocycles. The Labute approximate surface area is 198 Å². The fourth-order valence-electron chi connectivity index (χ4n) is 4.89. The molecule has 1 aliphatic carbocycles. The second-order valence-electron chi connectivity index (χ2n) is 9.73. The molecule has 1 saturated heterocycles. The molecule has 2 aliphatic rings. The molecule has 4 rings (SSSR count). The molecule has 1 aliphatic heterocycles. The molecule has 0 N–H and O–H groups in total. The Bertz CT molecular complexity index is 943. The van der Waals surface area contributed by atoms with Gasteiger partial charge in [0, 0.05) is 45.3 Å². The lowest BCUT2D eigenvalue weighted by Crippen LogP contribution is -2.32. The number of carbonyl (C=O) groups is 1. The number of anilines is 1. The molecule has 33 heavy (non-hydrogen) atoms. The zero-order valence-corrected chi connectivity index (χ0v) is 20.4. The van der Waals surface area contributed by atoms with Crippen molar-refractivity contribution in [3.05, 3.63) is 53.0 Å². The predicted molar refractivity (Wildman–Crippen MR) is 132 cm³/mol. The zero-order chi connectivity index (χ0) is 23.2. The van der Waals surface area contributed by atoms with Gasteiger partial charge >= 0.3 is 0 Å².